The van der Waals surface area contributed by atoms with Crippen LogP contribution in [0.25, 0.3) is 0 Å². The molecule has 2 aliphatic rings. The first-order valence-electron chi connectivity index (χ1n) is 10.5. The van der Waals surface area contributed by atoms with Gasteiger partial charge in [0.2, 0.25) is 16.9 Å². The number of carbonyl (C=O) groups is 3. The monoisotopic (exact) mass is 447 g/mol. The molecule has 168 valence electrons. The van der Waals surface area contributed by atoms with Crippen molar-refractivity contribution in [2.75, 3.05) is 18.8 Å². The van der Waals surface area contributed by atoms with Crippen molar-refractivity contribution in [1.82, 2.24) is 10.2 Å². The van der Waals surface area contributed by atoms with Crippen LogP contribution < -0.4 is 5.32 Å². The SMILES string of the molecule is CC1CCCN(C(=O)[C@@H]2CS2(C#N)C(=O)[C@H](C)NC(=O)CCc2ccc(O)c(O)c2)C1. The summed E-state index contributed by atoms with van der Waals surface area (Å²) in [6.07, 6.45) is 2.43. The van der Waals surface area contributed by atoms with Gasteiger partial charge in [0.15, 0.2) is 11.5 Å². The zero-order valence-electron chi connectivity index (χ0n) is 17.8. The summed E-state index contributed by atoms with van der Waals surface area (Å²) in [6, 6.07) is 3.50. The number of aryl methyl sites for hydroxylation is 1. The molecule has 0 bridgehead atoms. The number of benzene rings is 1. The Hall–Kier alpha value is -2.73. The van der Waals surface area contributed by atoms with Crippen LogP contribution in [0, 0.1) is 16.6 Å². The number of piperidine rings is 1. The molecule has 0 saturated carbocycles. The molecule has 1 aromatic rings. The van der Waals surface area contributed by atoms with Crippen LogP contribution in [0.5, 0.6) is 11.5 Å². The van der Waals surface area contributed by atoms with Gasteiger partial charge in [-0.1, -0.05) is 23.0 Å². The number of phenols is 2. The van der Waals surface area contributed by atoms with E-state index in [1.54, 1.807) is 17.9 Å². The van der Waals surface area contributed by atoms with Gasteiger partial charge in [0.1, 0.15) is 5.40 Å². The molecule has 2 unspecified atom stereocenters. The number of rotatable bonds is 6. The van der Waals surface area contributed by atoms with Gasteiger partial charge in [-0.3, -0.25) is 14.4 Å². The molecule has 2 heterocycles. The van der Waals surface area contributed by atoms with E-state index in [1.807, 2.05) is 0 Å². The van der Waals surface area contributed by atoms with Gasteiger partial charge < -0.3 is 20.4 Å². The average Bonchev–Trinajstić information content (AvgIpc) is 3.49. The minimum Gasteiger partial charge on any atom is -0.504 e. The summed E-state index contributed by atoms with van der Waals surface area (Å²) in [4.78, 5) is 39.9. The molecule has 2 aliphatic heterocycles. The lowest BCUT2D eigenvalue weighted by Crippen LogP contribution is -2.42. The van der Waals surface area contributed by atoms with E-state index in [4.69, 9.17) is 0 Å². The number of nitrogens with one attached hydrogen (secondary N) is 1. The zero-order chi connectivity index (χ0) is 22.8. The Bertz CT molecular complexity index is 930. The molecule has 0 spiro atoms. The summed E-state index contributed by atoms with van der Waals surface area (Å²) in [5, 5.41) is 32.5. The van der Waals surface area contributed by atoms with E-state index in [9.17, 15) is 29.9 Å². The third-order valence-corrected chi connectivity index (χ3v) is 9.13. The molecule has 3 rings (SSSR count). The molecule has 3 N–H and O–H groups in total. The Morgan fingerprint density at radius 3 is 2.71 bits per heavy atom. The van der Waals surface area contributed by atoms with Crippen LogP contribution >= 0.6 is 10.0 Å². The Labute approximate surface area is 183 Å². The van der Waals surface area contributed by atoms with Crippen molar-refractivity contribution in [3.63, 3.8) is 0 Å². The van der Waals surface area contributed by atoms with Gasteiger partial charge in [-0.25, -0.2) is 0 Å². The van der Waals surface area contributed by atoms with Crippen LogP contribution in [0.2, 0.25) is 0 Å². The van der Waals surface area contributed by atoms with Crippen molar-refractivity contribution in [1.29, 1.82) is 5.26 Å². The molecule has 0 aliphatic carbocycles. The topological polar surface area (TPSA) is 131 Å². The van der Waals surface area contributed by atoms with Crippen LogP contribution in [0.15, 0.2) is 18.2 Å². The highest BCUT2D eigenvalue weighted by molar-refractivity contribution is 8.54. The number of aromatic hydroxyl groups is 2. The zero-order valence-corrected chi connectivity index (χ0v) is 18.7. The predicted octanol–water partition coefficient (Wildman–Crippen LogP) is 1.99. The first-order chi connectivity index (χ1) is 14.7. The first kappa shape index (κ1) is 22.9. The Balaban J connectivity index is 1.54. The fourth-order valence-electron chi connectivity index (χ4n) is 4.07. The Morgan fingerprint density at radius 1 is 1.32 bits per heavy atom. The van der Waals surface area contributed by atoms with E-state index >= 15 is 0 Å². The standard InChI is InChI=1S/C22H29N3O5S/c1-14-4-3-9-25(11-14)21(29)19-12-31(19,13-23)22(30)15(2)24-20(28)8-6-16-5-7-17(26)18(27)10-16/h5,7,10,14-15,19,26-27H,3-4,6,8-9,11-12H2,1-2H3,(H,24,28)/t14?,15-,19-/m0/s1. The van der Waals surface area contributed by atoms with Crippen molar-refractivity contribution in [2.24, 2.45) is 5.92 Å². The third-order valence-electron chi connectivity index (χ3n) is 5.96. The molecular formula is C22H29N3O5S. The Kier molecular flexibility index (Phi) is 6.80. The van der Waals surface area contributed by atoms with Crippen molar-refractivity contribution >= 4 is 27.0 Å². The second-order valence-corrected chi connectivity index (χ2v) is 11.6. The predicted molar refractivity (Wildman–Crippen MR) is 118 cm³/mol. The molecule has 8 nitrogen and oxygen atoms in total. The van der Waals surface area contributed by atoms with Crippen LogP contribution in [-0.2, 0) is 20.8 Å². The summed E-state index contributed by atoms with van der Waals surface area (Å²) in [7, 11) is -2.38. The third kappa shape index (κ3) is 4.96. The smallest absolute Gasteiger partial charge is 0.236 e. The quantitative estimate of drug-likeness (QED) is 0.347. The fourth-order valence-corrected chi connectivity index (χ4v) is 6.94. The van der Waals surface area contributed by atoms with Crippen molar-refractivity contribution in [3.05, 3.63) is 23.8 Å². The van der Waals surface area contributed by atoms with E-state index < -0.39 is 21.3 Å². The molecule has 2 saturated heterocycles. The number of carbonyl (C=O) groups excluding carboxylic acids is 3. The lowest BCUT2D eigenvalue weighted by molar-refractivity contribution is -0.131. The van der Waals surface area contributed by atoms with E-state index in [2.05, 4.69) is 17.6 Å². The highest BCUT2D eigenvalue weighted by atomic mass is 32.3. The number of hydrogen-bond acceptors (Lipinski definition) is 6. The van der Waals surface area contributed by atoms with E-state index in [1.165, 1.54) is 12.1 Å². The van der Waals surface area contributed by atoms with Crippen LogP contribution in [0.1, 0.15) is 38.7 Å². The molecule has 0 radical (unpaired) electrons. The molecule has 0 aromatic heterocycles. The maximum absolute atomic E-state index is 13.0. The molecule has 9 heteroatoms. The number of nitrogens with zero attached hydrogens (tertiary/aromatic N) is 2. The van der Waals surface area contributed by atoms with Gasteiger partial charge >= 0.3 is 0 Å². The van der Waals surface area contributed by atoms with Crippen molar-refractivity contribution in [2.45, 2.75) is 50.8 Å². The summed E-state index contributed by atoms with van der Waals surface area (Å²) < 4.78 is 0. The van der Waals surface area contributed by atoms with Gasteiger partial charge in [0.25, 0.3) is 0 Å². The Morgan fingerprint density at radius 2 is 2.06 bits per heavy atom. The largest absolute Gasteiger partial charge is 0.504 e. The van der Waals surface area contributed by atoms with E-state index in [0.29, 0.717) is 36.7 Å². The molecule has 2 amide bonds. The molecule has 31 heavy (non-hydrogen) atoms. The average molecular weight is 448 g/mol. The van der Waals surface area contributed by atoms with Crippen molar-refractivity contribution < 1.29 is 24.6 Å². The molecular weight excluding hydrogens is 418 g/mol. The maximum Gasteiger partial charge on any atom is 0.236 e. The van der Waals surface area contributed by atoms with Crippen LogP contribution in [0.4, 0.5) is 0 Å². The van der Waals surface area contributed by atoms with Crippen LogP contribution in [0.3, 0.4) is 0 Å². The molecule has 4 atom stereocenters. The number of hydrogen-bond donors (Lipinski definition) is 3. The summed E-state index contributed by atoms with van der Waals surface area (Å²) in [6.45, 7) is 5.00. The fraction of sp³-hybridized carbons (Fsp3) is 0.545. The summed E-state index contributed by atoms with van der Waals surface area (Å²) >= 11 is 0. The van der Waals surface area contributed by atoms with Gasteiger partial charge in [-0.15, -0.1) is 0 Å². The number of phenolic OH excluding ortho intramolecular Hbond substituents is 2. The first-order valence-corrected chi connectivity index (χ1v) is 12.4. The van der Waals surface area contributed by atoms with Gasteiger partial charge in [-0.2, -0.15) is 5.26 Å². The van der Waals surface area contributed by atoms with Gasteiger partial charge in [0.05, 0.1) is 11.3 Å². The summed E-state index contributed by atoms with van der Waals surface area (Å²) in [5.41, 5.74) is 0.673. The second kappa shape index (κ2) is 9.18. The molecule has 2 fully saturated rings. The maximum atomic E-state index is 13.0. The second-order valence-electron chi connectivity index (χ2n) is 8.50. The lowest BCUT2D eigenvalue weighted by Gasteiger charge is -2.31. The minimum absolute atomic E-state index is 0.0880. The van der Waals surface area contributed by atoms with Gasteiger partial charge in [-0.05, 0) is 49.8 Å². The normalized spacial score (nSPS) is 28.0. The lowest BCUT2D eigenvalue weighted by atomic mass is 10.0. The number of nitriles is 1. The summed E-state index contributed by atoms with van der Waals surface area (Å²) in [5.74, 6) is -0.221. The van der Waals surface area contributed by atoms with E-state index in [-0.39, 0.29) is 34.8 Å². The number of likely N-dealkylation sites (tertiary alicyclic amines) is 1. The molecule has 1 aromatic carbocycles. The number of thiocyanates is 1. The highest BCUT2D eigenvalue weighted by Crippen LogP contribution is 2.69. The highest BCUT2D eigenvalue weighted by Gasteiger charge is 2.61. The number of amides is 2. The minimum atomic E-state index is -2.38. The van der Waals surface area contributed by atoms with Crippen molar-refractivity contribution in [3.8, 4) is 16.9 Å². The van der Waals surface area contributed by atoms with Crippen LogP contribution in [-0.4, -0.2) is 62.2 Å². The van der Waals surface area contributed by atoms with Gasteiger partial charge in [0, 0.05) is 25.3 Å². The van der Waals surface area contributed by atoms with E-state index in [0.717, 1.165) is 12.8 Å².